The van der Waals surface area contributed by atoms with Gasteiger partial charge >= 0.3 is 0 Å². The minimum Gasteiger partial charge on any atom is -0.361 e. The van der Waals surface area contributed by atoms with Gasteiger partial charge in [-0.1, -0.05) is 49.3 Å². The summed E-state index contributed by atoms with van der Waals surface area (Å²) in [5, 5.41) is 0. The van der Waals surface area contributed by atoms with Gasteiger partial charge in [0.05, 0.1) is 4.90 Å². The maximum atomic E-state index is 13.0. The third-order valence-electron chi connectivity index (χ3n) is 4.03. The Hall–Kier alpha value is -1.43. The van der Waals surface area contributed by atoms with Gasteiger partial charge in [-0.3, -0.25) is 0 Å². The van der Waals surface area contributed by atoms with E-state index < -0.39 is 16.3 Å². The Kier molecular flexibility index (Phi) is 5.79. The highest BCUT2D eigenvalue weighted by Gasteiger charge is 2.35. The molecule has 0 aliphatic carbocycles. The summed E-state index contributed by atoms with van der Waals surface area (Å²) in [5.41, 5.74) is 2.79. The molecule has 5 heteroatoms. The van der Waals surface area contributed by atoms with Crippen molar-refractivity contribution in [2.45, 2.75) is 44.2 Å². The van der Waals surface area contributed by atoms with Crippen molar-refractivity contribution < 1.29 is 13.2 Å². The van der Waals surface area contributed by atoms with Crippen LogP contribution in [-0.4, -0.2) is 32.6 Å². The smallest absolute Gasteiger partial charge is 0.245 e. The number of nitrogens with zero attached hydrogens (tertiary/aromatic N) is 1. The molecule has 2 rings (SSSR count). The fourth-order valence-electron chi connectivity index (χ4n) is 2.73. The molecule has 0 N–H and O–H groups in total. The first kappa shape index (κ1) is 17.9. The van der Waals surface area contributed by atoms with Crippen molar-refractivity contribution in [3.63, 3.8) is 0 Å². The van der Waals surface area contributed by atoms with E-state index in [2.05, 4.69) is 13.5 Å². The van der Waals surface area contributed by atoms with Crippen LogP contribution in [0.2, 0.25) is 0 Å². The summed E-state index contributed by atoms with van der Waals surface area (Å²) in [5.74, 6) is 0. The molecular weight excluding hydrogens is 310 g/mol. The maximum Gasteiger partial charge on any atom is 0.245 e. The van der Waals surface area contributed by atoms with Crippen molar-refractivity contribution in [2.24, 2.45) is 0 Å². The molecule has 0 aromatic heterocycles. The second kappa shape index (κ2) is 7.43. The van der Waals surface area contributed by atoms with Crippen molar-refractivity contribution in [2.75, 3.05) is 13.7 Å². The SMILES string of the molecule is C=C1C=C(CCCC)CN(S(=O)(=O)c2ccc(C)cc2)C1OC. The highest BCUT2D eigenvalue weighted by Crippen LogP contribution is 2.29. The van der Waals surface area contributed by atoms with Gasteiger partial charge in [0.25, 0.3) is 0 Å². The Morgan fingerprint density at radius 2 is 1.96 bits per heavy atom. The third kappa shape index (κ3) is 3.91. The van der Waals surface area contributed by atoms with Crippen molar-refractivity contribution in [1.29, 1.82) is 0 Å². The van der Waals surface area contributed by atoms with Gasteiger partial charge < -0.3 is 4.74 Å². The number of rotatable bonds is 6. The van der Waals surface area contributed by atoms with Crippen LogP contribution in [0.4, 0.5) is 0 Å². The van der Waals surface area contributed by atoms with Crippen LogP contribution in [0.3, 0.4) is 0 Å². The van der Waals surface area contributed by atoms with Crippen LogP contribution in [0, 0.1) is 6.92 Å². The number of benzene rings is 1. The number of ether oxygens (including phenoxy) is 1. The van der Waals surface area contributed by atoms with Crippen LogP contribution in [0.15, 0.2) is 53.0 Å². The Balaban J connectivity index is 2.36. The molecule has 1 heterocycles. The largest absolute Gasteiger partial charge is 0.361 e. The van der Waals surface area contributed by atoms with Gasteiger partial charge in [-0.25, -0.2) is 8.42 Å². The van der Waals surface area contributed by atoms with Gasteiger partial charge in [0.15, 0.2) is 0 Å². The lowest BCUT2D eigenvalue weighted by molar-refractivity contribution is 0.0468. The van der Waals surface area contributed by atoms with E-state index in [4.69, 9.17) is 4.74 Å². The number of unbranched alkanes of at least 4 members (excludes halogenated alkanes) is 1. The lowest BCUT2D eigenvalue weighted by Gasteiger charge is -2.34. The summed E-state index contributed by atoms with van der Waals surface area (Å²) in [6.45, 7) is 8.40. The first-order valence-electron chi connectivity index (χ1n) is 7.89. The minimum atomic E-state index is -3.62. The first-order chi connectivity index (χ1) is 10.9. The summed E-state index contributed by atoms with van der Waals surface area (Å²) >= 11 is 0. The normalized spacial score (nSPS) is 19.7. The lowest BCUT2D eigenvalue weighted by atomic mass is 10.0. The average molecular weight is 335 g/mol. The summed E-state index contributed by atoms with van der Waals surface area (Å²) in [4.78, 5) is 0.287. The van der Waals surface area contributed by atoms with Crippen molar-refractivity contribution in [1.82, 2.24) is 4.31 Å². The molecule has 1 aromatic rings. The van der Waals surface area contributed by atoms with E-state index in [-0.39, 0.29) is 4.90 Å². The topological polar surface area (TPSA) is 46.6 Å². The molecule has 4 nitrogen and oxygen atoms in total. The zero-order valence-electron chi connectivity index (χ0n) is 14.1. The fourth-order valence-corrected chi connectivity index (χ4v) is 4.29. The monoisotopic (exact) mass is 335 g/mol. The van der Waals surface area contributed by atoms with Gasteiger partial charge in [-0.15, -0.1) is 0 Å². The molecule has 1 atom stereocenters. The minimum absolute atomic E-state index is 0.287. The van der Waals surface area contributed by atoms with E-state index >= 15 is 0 Å². The summed E-state index contributed by atoms with van der Waals surface area (Å²) in [7, 11) is -2.11. The molecule has 1 aliphatic heterocycles. The standard InChI is InChI=1S/C18H25NO3S/c1-5-6-7-16-12-15(3)18(22-4)19(13-16)23(20,21)17-10-8-14(2)9-11-17/h8-12,18H,3,5-7,13H2,1-2,4H3. The van der Waals surface area contributed by atoms with Gasteiger partial charge in [-0.2, -0.15) is 4.31 Å². The molecule has 23 heavy (non-hydrogen) atoms. The molecule has 1 unspecified atom stereocenters. The lowest BCUT2D eigenvalue weighted by Crippen LogP contribution is -2.45. The van der Waals surface area contributed by atoms with Crippen molar-refractivity contribution in [3.8, 4) is 0 Å². The first-order valence-corrected chi connectivity index (χ1v) is 9.33. The van der Waals surface area contributed by atoms with Crippen molar-refractivity contribution >= 4 is 10.0 Å². The number of hydrogen-bond donors (Lipinski definition) is 0. The molecule has 0 spiro atoms. The average Bonchev–Trinajstić information content (AvgIpc) is 2.52. The number of aryl methyl sites for hydroxylation is 1. The van der Waals surface area contributed by atoms with Crippen LogP contribution in [-0.2, 0) is 14.8 Å². The Labute approximate surface area is 139 Å². The van der Waals surface area contributed by atoms with Gasteiger partial charge in [0.1, 0.15) is 6.23 Å². The molecule has 1 aromatic carbocycles. The van der Waals surface area contributed by atoms with Crippen LogP contribution in [0.5, 0.6) is 0 Å². The molecular formula is C18H25NO3S. The van der Waals surface area contributed by atoms with Gasteiger partial charge in [0.2, 0.25) is 10.0 Å². The Bertz CT molecular complexity index is 689. The van der Waals surface area contributed by atoms with E-state index in [0.717, 1.165) is 30.4 Å². The highest BCUT2D eigenvalue weighted by molar-refractivity contribution is 7.89. The Morgan fingerprint density at radius 3 is 2.52 bits per heavy atom. The second-order valence-corrected chi connectivity index (χ2v) is 7.82. The van der Waals surface area contributed by atoms with E-state index in [1.54, 1.807) is 24.3 Å². The number of hydrogen-bond acceptors (Lipinski definition) is 3. The molecule has 0 bridgehead atoms. The van der Waals surface area contributed by atoms with Crippen LogP contribution in [0.1, 0.15) is 31.7 Å². The van der Waals surface area contributed by atoms with E-state index in [0.29, 0.717) is 12.1 Å². The Morgan fingerprint density at radius 1 is 1.30 bits per heavy atom. The van der Waals surface area contributed by atoms with Gasteiger partial charge in [0, 0.05) is 13.7 Å². The molecule has 0 fully saturated rings. The highest BCUT2D eigenvalue weighted by atomic mass is 32.2. The summed E-state index contributed by atoms with van der Waals surface area (Å²) < 4.78 is 32.8. The second-order valence-electron chi connectivity index (χ2n) is 5.93. The third-order valence-corrected chi connectivity index (χ3v) is 5.84. The zero-order valence-corrected chi connectivity index (χ0v) is 14.9. The molecule has 126 valence electrons. The summed E-state index contributed by atoms with van der Waals surface area (Å²) in [6.07, 6.45) is 4.32. The number of methoxy groups -OCH3 is 1. The molecule has 0 radical (unpaired) electrons. The predicted octanol–water partition coefficient (Wildman–Crippen LogP) is 3.64. The molecule has 0 saturated heterocycles. The molecule has 1 aliphatic rings. The van der Waals surface area contributed by atoms with Crippen LogP contribution in [0.25, 0.3) is 0 Å². The van der Waals surface area contributed by atoms with Crippen molar-refractivity contribution in [3.05, 3.63) is 53.6 Å². The van der Waals surface area contributed by atoms with Crippen LogP contribution >= 0.6 is 0 Å². The van der Waals surface area contributed by atoms with E-state index in [9.17, 15) is 8.42 Å². The quantitative estimate of drug-likeness (QED) is 0.797. The van der Waals surface area contributed by atoms with E-state index in [1.165, 1.54) is 11.4 Å². The number of sulfonamides is 1. The van der Waals surface area contributed by atoms with Gasteiger partial charge in [-0.05, 0) is 37.5 Å². The fraction of sp³-hybridized carbons (Fsp3) is 0.444. The molecule has 0 amide bonds. The molecule has 0 saturated carbocycles. The maximum absolute atomic E-state index is 13.0. The van der Waals surface area contributed by atoms with Crippen LogP contribution < -0.4 is 0 Å². The predicted molar refractivity (Wildman–Crippen MR) is 92.6 cm³/mol. The summed E-state index contributed by atoms with van der Waals surface area (Å²) in [6, 6.07) is 6.90. The zero-order chi connectivity index (χ0) is 17.0. The van der Waals surface area contributed by atoms with E-state index in [1.807, 2.05) is 13.0 Å².